The smallest absolute Gasteiger partial charge is 0.0456 e. The third kappa shape index (κ3) is 2.67. The Kier molecular flexibility index (Phi) is 3.69. The first-order chi connectivity index (χ1) is 10.9. The highest BCUT2D eigenvalue weighted by atomic mass is 14.9. The molecule has 0 fully saturated rings. The van der Waals surface area contributed by atoms with E-state index < -0.39 is 0 Å². The van der Waals surface area contributed by atoms with E-state index in [1.165, 1.54) is 46.9 Å². The van der Waals surface area contributed by atoms with Gasteiger partial charge in [0, 0.05) is 23.1 Å². The summed E-state index contributed by atoms with van der Waals surface area (Å²) in [4.78, 5) is 3.36. The van der Waals surface area contributed by atoms with Gasteiger partial charge in [0.05, 0.1) is 0 Å². The molecule has 2 heteroatoms. The van der Waals surface area contributed by atoms with E-state index in [1.807, 2.05) is 0 Å². The number of nitrogens with one attached hydrogen (secondary N) is 2. The maximum absolute atomic E-state index is 3.75. The van der Waals surface area contributed by atoms with Gasteiger partial charge in [0.25, 0.3) is 0 Å². The number of aryl methyl sites for hydroxylation is 1. The van der Waals surface area contributed by atoms with Crippen molar-refractivity contribution in [1.29, 1.82) is 0 Å². The molecule has 1 aromatic heterocycles. The second kappa shape index (κ2) is 5.98. The van der Waals surface area contributed by atoms with Gasteiger partial charge in [-0.05, 0) is 55.0 Å². The standard InChI is InChI=1S/C20H22N2/c1-2-6-16-13-18(10-9-15(16)5-1)21-12-11-17-14-22-20-8-4-3-7-19(17)20/h1-8,14,18,21-22H,9-13H2. The summed E-state index contributed by atoms with van der Waals surface area (Å²) in [6, 6.07) is 18.0. The molecular formula is C20H22N2. The van der Waals surface area contributed by atoms with Crippen LogP contribution in [0, 0.1) is 0 Å². The van der Waals surface area contributed by atoms with Crippen LogP contribution in [0.2, 0.25) is 0 Å². The van der Waals surface area contributed by atoms with Gasteiger partial charge in [-0.1, -0.05) is 42.5 Å². The van der Waals surface area contributed by atoms with Crippen molar-refractivity contribution in [3.8, 4) is 0 Å². The maximum Gasteiger partial charge on any atom is 0.0456 e. The number of para-hydroxylation sites is 1. The Labute approximate surface area is 131 Å². The van der Waals surface area contributed by atoms with Crippen LogP contribution in [0.4, 0.5) is 0 Å². The molecule has 1 atom stereocenters. The average Bonchev–Trinajstić information content (AvgIpc) is 2.98. The molecule has 0 bridgehead atoms. The van der Waals surface area contributed by atoms with Gasteiger partial charge in [-0.2, -0.15) is 0 Å². The normalized spacial score (nSPS) is 17.5. The number of aromatic amines is 1. The molecule has 0 amide bonds. The molecule has 0 saturated heterocycles. The Morgan fingerprint density at radius 1 is 1.00 bits per heavy atom. The third-order valence-corrected chi connectivity index (χ3v) is 4.85. The zero-order valence-electron chi connectivity index (χ0n) is 12.8. The van der Waals surface area contributed by atoms with Gasteiger partial charge in [-0.3, -0.25) is 0 Å². The maximum atomic E-state index is 3.75. The Morgan fingerprint density at radius 3 is 2.77 bits per heavy atom. The number of hydrogen-bond acceptors (Lipinski definition) is 1. The number of fused-ring (bicyclic) bond motifs is 2. The van der Waals surface area contributed by atoms with Crippen LogP contribution in [0.1, 0.15) is 23.1 Å². The summed E-state index contributed by atoms with van der Waals surface area (Å²) in [6.45, 7) is 1.05. The molecule has 0 aliphatic heterocycles. The molecule has 4 rings (SSSR count). The molecule has 1 aliphatic rings. The van der Waals surface area contributed by atoms with Gasteiger partial charge < -0.3 is 10.3 Å². The summed E-state index contributed by atoms with van der Waals surface area (Å²) >= 11 is 0. The number of aromatic nitrogens is 1. The van der Waals surface area contributed by atoms with Gasteiger partial charge in [0.1, 0.15) is 0 Å². The van der Waals surface area contributed by atoms with Gasteiger partial charge in [-0.15, -0.1) is 0 Å². The number of hydrogen-bond donors (Lipinski definition) is 2. The molecular weight excluding hydrogens is 268 g/mol. The summed E-state index contributed by atoms with van der Waals surface area (Å²) in [5.74, 6) is 0. The second-order valence-electron chi connectivity index (χ2n) is 6.27. The minimum Gasteiger partial charge on any atom is -0.361 e. The molecule has 1 unspecified atom stereocenters. The van der Waals surface area contributed by atoms with E-state index in [4.69, 9.17) is 0 Å². The second-order valence-corrected chi connectivity index (χ2v) is 6.27. The van der Waals surface area contributed by atoms with E-state index >= 15 is 0 Å². The predicted octanol–water partition coefficient (Wildman–Crippen LogP) is 3.86. The van der Waals surface area contributed by atoms with Gasteiger partial charge in [0.15, 0.2) is 0 Å². The van der Waals surface area contributed by atoms with Crippen molar-refractivity contribution in [2.24, 2.45) is 0 Å². The quantitative estimate of drug-likeness (QED) is 0.750. The van der Waals surface area contributed by atoms with Crippen LogP contribution in [0.5, 0.6) is 0 Å². The Hall–Kier alpha value is -2.06. The monoisotopic (exact) mass is 290 g/mol. The van der Waals surface area contributed by atoms with Crippen LogP contribution >= 0.6 is 0 Å². The zero-order chi connectivity index (χ0) is 14.8. The summed E-state index contributed by atoms with van der Waals surface area (Å²) in [5.41, 5.74) is 5.72. The number of rotatable bonds is 4. The molecule has 22 heavy (non-hydrogen) atoms. The molecule has 0 radical (unpaired) electrons. The summed E-state index contributed by atoms with van der Waals surface area (Å²) in [7, 11) is 0. The average molecular weight is 290 g/mol. The molecule has 2 aromatic carbocycles. The van der Waals surface area contributed by atoms with Crippen molar-refractivity contribution < 1.29 is 0 Å². The van der Waals surface area contributed by atoms with Crippen LogP contribution in [-0.4, -0.2) is 17.6 Å². The van der Waals surface area contributed by atoms with Crippen LogP contribution in [-0.2, 0) is 19.3 Å². The highest BCUT2D eigenvalue weighted by molar-refractivity contribution is 5.83. The molecule has 112 valence electrons. The molecule has 1 heterocycles. The molecule has 2 N–H and O–H groups in total. The SMILES string of the molecule is c1ccc2c(c1)CCC(NCCc1c[nH]c3ccccc13)C2. The highest BCUT2D eigenvalue weighted by Crippen LogP contribution is 2.21. The summed E-state index contributed by atoms with van der Waals surface area (Å²) in [6.07, 6.45) is 6.88. The summed E-state index contributed by atoms with van der Waals surface area (Å²) in [5, 5.41) is 5.11. The fraction of sp³-hybridized carbons (Fsp3) is 0.300. The first-order valence-electron chi connectivity index (χ1n) is 8.25. The van der Waals surface area contributed by atoms with Crippen molar-refractivity contribution >= 4 is 10.9 Å². The van der Waals surface area contributed by atoms with E-state index in [1.54, 1.807) is 0 Å². The lowest BCUT2D eigenvalue weighted by Gasteiger charge is -2.25. The molecule has 0 spiro atoms. The first-order valence-corrected chi connectivity index (χ1v) is 8.25. The minimum atomic E-state index is 0.625. The van der Waals surface area contributed by atoms with E-state index in [-0.39, 0.29) is 0 Å². The van der Waals surface area contributed by atoms with Crippen LogP contribution < -0.4 is 5.32 Å². The fourth-order valence-electron chi connectivity index (χ4n) is 3.62. The lowest BCUT2D eigenvalue weighted by Crippen LogP contribution is -2.35. The number of benzene rings is 2. The van der Waals surface area contributed by atoms with Gasteiger partial charge >= 0.3 is 0 Å². The Morgan fingerprint density at radius 2 is 1.82 bits per heavy atom. The van der Waals surface area contributed by atoms with Crippen LogP contribution in [0.25, 0.3) is 10.9 Å². The Bertz CT molecular complexity index is 772. The largest absolute Gasteiger partial charge is 0.361 e. The summed E-state index contributed by atoms with van der Waals surface area (Å²) < 4.78 is 0. The van der Waals surface area contributed by atoms with Crippen LogP contribution in [0.3, 0.4) is 0 Å². The van der Waals surface area contributed by atoms with Gasteiger partial charge in [0.2, 0.25) is 0 Å². The zero-order valence-corrected chi connectivity index (χ0v) is 12.8. The van der Waals surface area contributed by atoms with E-state index in [0.717, 1.165) is 13.0 Å². The predicted molar refractivity (Wildman–Crippen MR) is 92.3 cm³/mol. The van der Waals surface area contributed by atoms with E-state index in [9.17, 15) is 0 Å². The first kappa shape index (κ1) is 13.6. The topological polar surface area (TPSA) is 27.8 Å². The fourth-order valence-corrected chi connectivity index (χ4v) is 3.62. The minimum absolute atomic E-state index is 0.625. The van der Waals surface area contributed by atoms with E-state index in [2.05, 4.69) is 65.0 Å². The third-order valence-electron chi connectivity index (χ3n) is 4.85. The molecule has 3 aromatic rings. The van der Waals surface area contributed by atoms with Crippen molar-refractivity contribution in [2.75, 3.05) is 6.54 Å². The molecule has 1 aliphatic carbocycles. The lowest BCUT2D eigenvalue weighted by molar-refractivity contribution is 0.462. The van der Waals surface area contributed by atoms with Crippen molar-refractivity contribution in [3.63, 3.8) is 0 Å². The Balaban J connectivity index is 1.36. The molecule has 0 saturated carbocycles. The van der Waals surface area contributed by atoms with Crippen LogP contribution in [0.15, 0.2) is 54.7 Å². The van der Waals surface area contributed by atoms with Crippen molar-refractivity contribution in [3.05, 3.63) is 71.4 Å². The number of H-pyrrole nitrogens is 1. The lowest BCUT2D eigenvalue weighted by atomic mass is 9.88. The van der Waals surface area contributed by atoms with Crippen molar-refractivity contribution in [1.82, 2.24) is 10.3 Å². The molecule has 2 nitrogen and oxygen atoms in total. The highest BCUT2D eigenvalue weighted by Gasteiger charge is 2.17. The van der Waals surface area contributed by atoms with Crippen molar-refractivity contribution in [2.45, 2.75) is 31.7 Å². The van der Waals surface area contributed by atoms with E-state index in [0.29, 0.717) is 6.04 Å². The van der Waals surface area contributed by atoms with Gasteiger partial charge in [-0.25, -0.2) is 0 Å².